The van der Waals surface area contributed by atoms with Gasteiger partial charge in [-0.05, 0) is 35.8 Å². The SMILES string of the molecule is COCC(C)(C)NS(=O)(=O)c1cc(CO)sc1Br. The minimum atomic E-state index is -3.64. The zero-order valence-electron chi connectivity index (χ0n) is 10.4. The Bertz CT molecular complexity index is 510. The van der Waals surface area contributed by atoms with Crippen LogP contribution < -0.4 is 4.72 Å². The normalized spacial score (nSPS) is 12.9. The van der Waals surface area contributed by atoms with E-state index in [1.54, 1.807) is 13.8 Å². The molecule has 1 rings (SSSR count). The summed E-state index contributed by atoms with van der Waals surface area (Å²) in [4.78, 5) is 0.729. The third-order valence-corrected chi connectivity index (χ3v) is 6.00. The van der Waals surface area contributed by atoms with E-state index in [0.717, 1.165) is 0 Å². The van der Waals surface area contributed by atoms with Gasteiger partial charge in [-0.1, -0.05) is 0 Å². The number of ether oxygens (including phenoxy) is 1. The van der Waals surface area contributed by atoms with Crippen molar-refractivity contribution in [1.82, 2.24) is 4.72 Å². The van der Waals surface area contributed by atoms with Gasteiger partial charge in [-0.3, -0.25) is 0 Å². The van der Waals surface area contributed by atoms with Crippen LogP contribution in [0.4, 0.5) is 0 Å². The van der Waals surface area contributed by atoms with E-state index < -0.39 is 15.6 Å². The van der Waals surface area contributed by atoms with E-state index in [9.17, 15) is 8.42 Å². The molecule has 0 fully saturated rings. The van der Waals surface area contributed by atoms with Crippen LogP contribution in [-0.2, 0) is 21.4 Å². The van der Waals surface area contributed by atoms with Gasteiger partial charge in [-0.15, -0.1) is 11.3 Å². The Morgan fingerprint density at radius 1 is 1.56 bits per heavy atom. The molecule has 1 aromatic rings. The molecule has 2 N–H and O–H groups in total. The van der Waals surface area contributed by atoms with Crippen LogP contribution in [-0.4, -0.2) is 32.8 Å². The van der Waals surface area contributed by atoms with Crippen molar-refractivity contribution in [2.75, 3.05) is 13.7 Å². The molecule has 8 heteroatoms. The molecule has 0 aliphatic carbocycles. The van der Waals surface area contributed by atoms with Crippen molar-refractivity contribution in [3.05, 3.63) is 14.7 Å². The van der Waals surface area contributed by atoms with Crippen LogP contribution in [0, 0.1) is 0 Å². The van der Waals surface area contributed by atoms with Crippen LogP contribution in [0.1, 0.15) is 18.7 Å². The lowest BCUT2D eigenvalue weighted by Gasteiger charge is -2.24. The molecule has 18 heavy (non-hydrogen) atoms. The van der Waals surface area contributed by atoms with Gasteiger partial charge in [-0.25, -0.2) is 13.1 Å². The van der Waals surface area contributed by atoms with Crippen LogP contribution in [0.5, 0.6) is 0 Å². The topological polar surface area (TPSA) is 75.6 Å². The molecule has 0 aromatic carbocycles. The number of halogens is 1. The van der Waals surface area contributed by atoms with Crippen LogP contribution in [0.25, 0.3) is 0 Å². The van der Waals surface area contributed by atoms with Gasteiger partial charge < -0.3 is 9.84 Å². The number of rotatable bonds is 6. The second kappa shape index (κ2) is 5.98. The Kier molecular flexibility index (Phi) is 5.33. The predicted molar refractivity (Wildman–Crippen MR) is 74.2 cm³/mol. The maximum atomic E-state index is 12.2. The Morgan fingerprint density at radius 2 is 2.17 bits per heavy atom. The van der Waals surface area contributed by atoms with E-state index in [1.807, 2.05) is 0 Å². The molecule has 0 amide bonds. The molecular weight excluding hydrogens is 342 g/mol. The van der Waals surface area contributed by atoms with Crippen molar-refractivity contribution in [3.8, 4) is 0 Å². The first-order valence-corrected chi connectivity index (χ1v) is 8.23. The largest absolute Gasteiger partial charge is 0.391 e. The first-order chi connectivity index (χ1) is 8.22. The number of hydrogen-bond donors (Lipinski definition) is 2. The van der Waals surface area contributed by atoms with Gasteiger partial charge in [0.2, 0.25) is 10.0 Å². The average Bonchev–Trinajstić information content (AvgIpc) is 2.58. The lowest BCUT2D eigenvalue weighted by molar-refractivity contribution is 0.141. The smallest absolute Gasteiger partial charge is 0.243 e. The van der Waals surface area contributed by atoms with Gasteiger partial charge in [0.05, 0.1) is 22.5 Å². The molecule has 0 aliphatic rings. The highest BCUT2D eigenvalue weighted by Crippen LogP contribution is 2.32. The zero-order valence-corrected chi connectivity index (χ0v) is 13.6. The fraction of sp³-hybridized carbons (Fsp3) is 0.600. The van der Waals surface area contributed by atoms with E-state index in [2.05, 4.69) is 20.7 Å². The van der Waals surface area contributed by atoms with E-state index in [-0.39, 0.29) is 18.1 Å². The summed E-state index contributed by atoms with van der Waals surface area (Å²) >= 11 is 4.39. The van der Waals surface area contributed by atoms with Crippen molar-refractivity contribution < 1.29 is 18.3 Å². The number of hydrogen-bond acceptors (Lipinski definition) is 5. The molecular formula is C10H16BrNO4S2. The highest BCUT2D eigenvalue weighted by atomic mass is 79.9. The molecule has 0 saturated heterocycles. The number of sulfonamides is 1. The molecule has 104 valence electrons. The monoisotopic (exact) mass is 357 g/mol. The second-order valence-electron chi connectivity index (χ2n) is 4.43. The molecule has 0 bridgehead atoms. The summed E-state index contributed by atoms with van der Waals surface area (Å²) in [7, 11) is -2.12. The molecule has 0 atom stereocenters. The molecule has 0 aliphatic heterocycles. The fourth-order valence-electron chi connectivity index (χ4n) is 1.47. The van der Waals surface area contributed by atoms with E-state index in [4.69, 9.17) is 9.84 Å². The molecule has 0 saturated carbocycles. The number of aliphatic hydroxyl groups is 1. The lowest BCUT2D eigenvalue weighted by Crippen LogP contribution is -2.46. The molecule has 0 radical (unpaired) electrons. The summed E-state index contributed by atoms with van der Waals surface area (Å²) in [5.41, 5.74) is -0.700. The fourth-order valence-corrected chi connectivity index (χ4v) is 5.41. The summed E-state index contributed by atoms with van der Waals surface area (Å²) in [6.07, 6.45) is 0. The van der Waals surface area contributed by atoms with E-state index in [0.29, 0.717) is 8.66 Å². The second-order valence-corrected chi connectivity index (χ2v) is 8.54. The third kappa shape index (κ3) is 4.01. The number of aliphatic hydroxyl groups excluding tert-OH is 1. The summed E-state index contributed by atoms with van der Waals surface area (Å²) in [6, 6.07) is 1.46. The standard InChI is InChI=1S/C10H16BrNO4S2/c1-10(2,6-16-3)12-18(14,15)8-4-7(5-13)17-9(8)11/h4,12-13H,5-6H2,1-3H3. The quantitative estimate of drug-likeness (QED) is 0.812. The van der Waals surface area contributed by atoms with Crippen molar-refractivity contribution in [2.45, 2.75) is 30.9 Å². The Hall–Kier alpha value is 0.01000. The zero-order chi connectivity index (χ0) is 14.0. The van der Waals surface area contributed by atoms with Crippen molar-refractivity contribution in [2.24, 2.45) is 0 Å². The van der Waals surface area contributed by atoms with Crippen LogP contribution in [0.3, 0.4) is 0 Å². The van der Waals surface area contributed by atoms with Crippen LogP contribution in [0.2, 0.25) is 0 Å². The van der Waals surface area contributed by atoms with Gasteiger partial charge in [-0.2, -0.15) is 0 Å². The van der Waals surface area contributed by atoms with E-state index >= 15 is 0 Å². The van der Waals surface area contributed by atoms with Crippen molar-refractivity contribution in [3.63, 3.8) is 0 Å². The highest BCUT2D eigenvalue weighted by molar-refractivity contribution is 9.11. The third-order valence-electron chi connectivity index (χ3n) is 2.07. The Morgan fingerprint density at radius 3 is 2.61 bits per heavy atom. The summed E-state index contributed by atoms with van der Waals surface area (Å²) < 4.78 is 32.4. The number of thiophene rings is 1. The lowest BCUT2D eigenvalue weighted by atomic mass is 10.1. The first-order valence-electron chi connectivity index (χ1n) is 5.14. The average molecular weight is 358 g/mol. The summed E-state index contributed by atoms with van der Waals surface area (Å²) in [5.74, 6) is 0. The Labute approximate surface area is 119 Å². The summed E-state index contributed by atoms with van der Waals surface area (Å²) in [5, 5.41) is 9.01. The van der Waals surface area contributed by atoms with E-state index in [1.165, 1.54) is 24.5 Å². The highest BCUT2D eigenvalue weighted by Gasteiger charge is 2.28. The summed E-state index contributed by atoms with van der Waals surface area (Å²) in [6.45, 7) is 3.56. The minimum absolute atomic E-state index is 0.140. The predicted octanol–water partition coefficient (Wildman–Crippen LogP) is 1.71. The maximum Gasteiger partial charge on any atom is 0.243 e. The molecule has 0 unspecified atom stereocenters. The molecule has 0 spiro atoms. The maximum absolute atomic E-state index is 12.2. The van der Waals surface area contributed by atoms with Gasteiger partial charge in [0, 0.05) is 12.0 Å². The molecule has 5 nitrogen and oxygen atoms in total. The molecule has 1 aromatic heterocycles. The van der Waals surface area contributed by atoms with Crippen molar-refractivity contribution in [1.29, 1.82) is 0 Å². The van der Waals surface area contributed by atoms with Gasteiger partial charge in [0.1, 0.15) is 4.90 Å². The van der Waals surface area contributed by atoms with Gasteiger partial charge in [0.25, 0.3) is 0 Å². The van der Waals surface area contributed by atoms with Crippen LogP contribution in [0.15, 0.2) is 14.7 Å². The van der Waals surface area contributed by atoms with Gasteiger partial charge >= 0.3 is 0 Å². The number of methoxy groups -OCH3 is 1. The molecule has 1 heterocycles. The van der Waals surface area contributed by atoms with Crippen molar-refractivity contribution >= 4 is 37.3 Å². The Balaban J connectivity index is 3.03. The van der Waals surface area contributed by atoms with Crippen LogP contribution >= 0.6 is 27.3 Å². The number of nitrogens with one attached hydrogen (secondary N) is 1. The first kappa shape index (κ1) is 16.1. The minimum Gasteiger partial charge on any atom is -0.391 e. The van der Waals surface area contributed by atoms with Gasteiger partial charge in [0.15, 0.2) is 0 Å².